The van der Waals surface area contributed by atoms with E-state index < -0.39 is 0 Å². The van der Waals surface area contributed by atoms with Crippen molar-refractivity contribution in [1.82, 2.24) is 4.98 Å². The monoisotopic (exact) mass is 290 g/mol. The van der Waals surface area contributed by atoms with E-state index >= 15 is 0 Å². The zero-order valence-corrected chi connectivity index (χ0v) is 12.6. The molecule has 0 unspecified atom stereocenters. The van der Waals surface area contributed by atoms with Crippen LogP contribution in [0, 0.1) is 6.92 Å². The van der Waals surface area contributed by atoms with E-state index in [1.54, 1.807) is 18.4 Å². The number of hydrogen-bond donors (Lipinski definition) is 0. The van der Waals surface area contributed by atoms with Crippen molar-refractivity contribution in [2.24, 2.45) is 0 Å². The second-order valence-corrected chi connectivity index (χ2v) is 5.88. The summed E-state index contributed by atoms with van der Waals surface area (Å²) in [5, 5.41) is 1.08. The summed E-state index contributed by atoms with van der Waals surface area (Å²) in [6.45, 7) is 5.51. The molecular weight excluding hydrogens is 272 g/mol. The maximum absolute atomic E-state index is 5.44. The molecule has 0 N–H and O–H groups in total. The van der Waals surface area contributed by atoms with E-state index in [4.69, 9.17) is 14.5 Å². The molecular formula is C15H18N2O2S. The number of benzene rings is 1. The van der Waals surface area contributed by atoms with Gasteiger partial charge in [-0.2, -0.15) is 0 Å². The van der Waals surface area contributed by atoms with Crippen LogP contribution in [-0.4, -0.2) is 38.4 Å². The third kappa shape index (κ3) is 2.51. The van der Waals surface area contributed by atoms with Crippen molar-refractivity contribution >= 4 is 16.5 Å². The van der Waals surface area contributed by atoms with Crippen molar-refractivity contribution in [1.29, 1.82) is 0 Å². The van der Waals surface area contributed by atoms with Gasteiger partial charge in [-0.25, -0.2) is 4.98 Å². The normalized spacial score (nSPS) is 15.4. The number of nitrogens with zero attached hydrogens (tertiary/aromatic N) is 2. The molecule has 0 radical (unpaired) electrons. The molecule has 0 aliphatic carbocycles. The van der Waals surface area contributed by atoms with Crippen LogP contribution in [0.3, 0.4) is 0 Å². The van der Waals surface area contributed by atoms with Crippen molar-refractivity contribution in [2.45, 2.75) is 6.92 Å². The lowest BCUT2D eigenvalue weighted by Gasteiger charge is -2.26. The van der Waals surface area contributed by atoms with E-state index in [9.17, 15) is 0 Å². The zero-order valence-electron chi connectivity index (χ0n) is 11.8. The molecule has 0 saturated carbocycles. The molecule has 1 fully saturated rings. The summed E-state index contributed by atoms with van der Waals surface area (Å²) >= 11 is 1.74. The van der Waals surface area contributed by atoms with Crippen molar-refractivity contribution in [2.75, 3.05) is 38.3 Å². The van der Waals surface area contributed by atoms with E-state index in [1.807, 2.05) is 18.2 Å². The van der Waals surface area contributed by atoms with Crippen molar-refractivity contribution in [3.05, 3.63) is 29.1 Å². The lowest BCUT2D eigenvalue weighted by Crippen LogP contribution is -2.36. The lowest BCUT2D eigenvalue weighted by atomic mass is 10.1. The summed E-state index contributed by atoms with van der Waals surface area (Å²) < 4.78 is 10.8. The molecule has 0 spiro atoms. The number of hydrogen-bond acceptors (Lipinski definition) is 5. The van der Waals surface area contributed by atoms with Gasteiger partial charge in [-0.05, 0) is 19.1 Å². The van der Waals surface area contributed by atoms with Crippen LogP contribution < -0.4 is 9.64 Å². The van der Waals surface area contributed by atoms with Gasteiger partial charge in [-0.15, -0.1) is 11.3 Å². The fourth-order valence-corrected chi connectivity index (χ4v) is 3.34. The topological polar surface area (TPSA) is 34.6 Å². The van der Waals surface area contributed by atoms with E-state index in [0.717, 1.165) is 48.4 Å². The van der Waals surface area contributed by atoms with Crippen LogP contribution in [0.25, 0.3) is 11.3 Å². The number of methoxy groups -OCH3 is 1. The van der Waals surface area contributed by atoms with Crippen LogP contribution in [0.1, 0.15) is 4.88 Å². The molecule has 106 valence electrons. The minimum atomic E-state index is 0.780. The number of para-hydroxylation sites is 1. The molecule has 0 atom stereocenters. The molecule has 1 aliphatic heterocycles. The molecule has 1 saturated heterocycles. The molecule has 1 aromatic carbocycles. The summed E-state index contributed by atoms with van der Waals surface area (Å²) in [4.78, 5) is 8.33. The summed E-state index contributed by atoms with van der Waals surface area (Å²) in [7, 11) is 1.70. The van der Waals surface area contributed by atoms with Gasteiger partial charge in [0.1, 0.15) is 5.75 Å². The number of thiazole rings is 1. The first-order valence-electron chi connectivity index (χ1n) is 6.73. The van der Waals surface area contributed by atoms with Gasteiger partial charge >= 0.3 is 0 Å². The Balaban J connectivity index is 1.96. The zero-order chi connectivity index (χ0) is 13.9. The molecule has 1 aliphatic rings. The van der Waals surface area contributed by atoms with Gasteiger partial charge in [0.05, 0.1) is 26.0 Å². The highest BCUT2D eigenvalue weighted by atomic mass is 32.1. The van der Waals surface area contributed by atoms with Gasteiger partial charge in [-0.1, -0.05) is 12.1 Å². The molecule has 20 heavy (non-hydrogen) atoms. The summed E-state index contributed by atoms with van der Waals surface area (Å²) in [6.07, 6.45) is 0. The Kier molecular flexibility index (Phi) is 3.89. The average Bonchev–Trinajstić information content (AvgIpc) is 2.90. The standard InChI is InChI=1S/C15H18N2O2S/c1-11-14(12-5-3-4-6-13(12)18-2)16-15(20-11)17-7-9-19-10-8-17/h3-6H,7-10H2,1-2H3. The summed E-state index contributed by atoms with van der Waals surface area (Å²) in [5.74, 6) is 0.870. The molecule has 0 amide bonds. The minimum absolute atomic E-state index is 0.780. The third-order valence-corrected chi connectivity index (χ3v) is 4.46. The van der Waals surface area contributed by atoms with E-state index in [-0.39, 0.29) is 0 Å². The van der Waals surface area contributed by atoms with Gasteiger partial charge < -0.3 is 14.4 Å². The van der Waals surface area contributed by atoms with Crippen molar-refractivity contribution < 1.29 is 9.47 Å². The first-order chi connectivity index (χ1) is 9.79. The first kappa shape index (κ1) is 13.4. The highest BCUT2D eigenvalue weighted by molar-refractivity contribution is 7.16. The average molecular weight is 290 g/mol. The predicted octanol–water partition coefficient (Wildman–Crippen LogP) is 2.96. The van der Waals surface area contributed by atoms with Crippen LogP contribution in [-0.2, 0) is 4.74 Å². The molecule has 4 nitrogen and oxygen atoms in total. The Morgan fingerprint density at radius 3 is 2.75 bits per heavy atom. The van der Waals surface area contributed by atoms with Gasteiger partial charge in [0.25, 0.3) is 0 Å². The number of rotatable bonds is 3. The molecule has 1 aromatic heterocycles. The number of aromatic nitrogens is 1. The lowest BCUT2D eigenvalue weighted by molar-refractivity contribution is 0.122. The molecule has 2 heterocycles. The van der Waals surface area contributed by atoms with Crippen molar-refractivity contribution in [3.8, 4) is 17.0 Å². The highest BCUT2D eigenvalue weighted by Crippen LogP contribution is 2.36. The molecule has 3 rings (SSSR count). The van der Waals surface area contributed by atoms with Crippen LogP contribution in [0.2, 0.25) is 0 Å². The number of anilines is 1. The first-order valence-corrected chi connectivity index (χ1v) is 7.55. The Morgan fingerprint density at radius 2 is 2.00 bits per heavy atom. The Hall–Kier alpha value is -1.59. The fraction of sp³-hybridized carbons (Fsp3) is 0.400. The van der Waals surface area contributed by atoms with E-state index in [0.29, 0.717) is 0 Å². The fourth-order valence-electron chi connectivity index (χ4n) is 2.36. The smallest absolute Gasteiger partial charge is 0.186 e. The number of morpholine rings is 1. The van der Waals surface area contributed by atoms with Gasteiger partial charge in [0, 0.05) is 23.5 Å². The van der Waals surface area contributed by atoms with Gasteiger partial charge in [-0.3, -0.25) is 0 Å². The Morgan fingerprint density at radius 1 is 1.25 bits per heavy atom. The maximum atomic E-state index is 5.44. The quantitative estimate of drug-likeness (QED) is 0.870. The van der Waals surface area contributed by atoms with Gasteiger partial charge in [0.2, 0.25) is 0 Å². The second kappa shape index (κ2) is 5.81. The van der Waals surface area contributed by atoms with Crippen LogP contribution in [0.4, 0.5) is 5.13 Å². The SMILES string of the molecule is COc1ccccc1-c1nc(N2CCOCC2)sc1C. The summed E-state index contributed by atoms with van der Waals surface area (Å²) in [5.41, 5.74) is 2.08. The van der Waals surface area contributed by atoms with Crippen LogP contribution >= 0.6 is 11.3 Å². The van der Waals surface area contributed by atoms with Gasteiger partial charge in [0.15, 0.2) is 5.13 Å². The molecule has 2 aromatic rings. The Bertz CT molecular complexity index is 591. The van der Waals surface area contributed by atoms with E-state index in [2.05, 4.69) is 17.9 Å². The second-order valence-electron chi connectivity index (χ2n) is 4.70. The third-order valence-electron chi connectivity index (χ3n) is 3.43. The van der Waals surface area contributed by atoms with Crippen LogP contribution in [0.15, 0.2) is 24.3 Å². The maximum Gasteiger partial charge on any atom is 0.186 e. The Labute approximate surface area is 123 Å². The highest BCUT2D eigenvalue weighted by Gasteiger charge is 2.19. The van der Waals surface area contributed by atoms with E-state index in [1.165, 1.54) is 4.88 Å². The number of aryl methyl sites for hydroxylation is 1. The van der Waals surface area contributed by atoms with Crippen LogP contribution in [0.5, 0.6) is 5.75 Å². The largest absolute Gasteiger partial charge is 0.496 e. The molecule has 0 bridgehead atoms. The predicted molar refractivity (Wildman–Crippen MR) is 81.9 cm³/mol. The number of ether oxygens (including phenoxy) is 2. The summed E-state index contributed by atoms with van der Waals surface area (Å²) in [6, 6.07) is 8.03. The van der Waals surface area contributed by atoms with Crippen molar-refractivity contribution in [3.63, 3.8) is 0 Å². The molecule has 5 heteroatoms. The minimum Gasteiger partial charge on any atom is -0.496 e.